The number of aliphatic carboxylic acids is 1. The molecule has 1 heterocycles. The Kier molecular flexibility index (Phi) is 2.40. The molecule has 0 aliphatic rings. The van der Waals surface area contributed by atoms with E-state index in [2.05, 4.69) is 10.2 Å². The fourth-order valence-electron chi connectivity index (χ4n) is 0.999. The molecule has 0 aliphatic carbocycles. The fraction of sp³-hybridized carbons (Fsp3) is 0.556. The van der Waals surface area contributed by atoms with Crippen molar-refractivity contribution in [1.29, 1.82) is 0 Å². The summed E-state index contributed by atoms with van der Waals surface area (Å²) in [6.07, 6.45) is 0.00306. The molecule has 2 N–H and O–H groups in total. The molecule has 1 aromatic rings. The minimum absolute atomic E-state index is 0.00306. The quantitative estimate of drug-likeness (QED) is 0.725. The van der Waals surface area contributed by atoms with Crippen molar-refractivity contribution < 1.29 is 9.90 Å². The predicted molar refractivity (Wildman–Crippen MR) is 48.6 cm³/mol. The molecule has 4 heteroatoms. The van der Waals surface area contributed by atoms with Gasteiger partial charge in [-0.05, 0) is 6.07 Å². The van der Waals surface area contributed by atoms with E-state index in [4.69, 9.17) is 5.11 Å². The van der Waals surface area contributed by atoms with Crippen LogP contribution in [-0.2, 0) is 16.6 Å². The number of aromatic amines is 1. The Morgan fingerprint density at radius 1 is 1.62 bits per heavy atom. The predicted octanol–water partition coefficient (Wildman–Crippen LogP) is 1.33. The Morgan fingerprint density at radius 2 is 2.23 bits per heavy atom. The van der Waals surface area contributed by atoms with Crippen LogP contribution in [-0.4, -0.2) is 21.3 Å². The molecule has 0 bridgehead atoms. The molecule has 0 fully saturated rings. The summed E-state index contributed by atoms with van der Waals surface area (Å²) in [6.45, 7) is 6.11. The van der Waals surface area contributed by atoms with Gasteiger partial charge in [-0.2, -0.15) is 5.10 Å². The number of hydrogen-bond donors (Lipinski definition) is 2. The van der Waals surface area contributed by atoms with Crippen LogP contribution >= 0.6 is 0 Å². The SMILES string of the molecule is CC(C)(C)c1cc(CC(=O)O)[nH]n1. The summed E-state index contributed by atoms with van der Waals surface area (Å²) < 4.78 is 0. The van der Waals surface area contributed by atoms with Gasteiger partial charge in [-0.1, -0.05) is 20.8 Å². The molecule has 0 saturated carbocycles. The van der Waals surface area contributed by atoms with Crippen molar-refractivity contribution in [1.82, 2.24) is 10.2 Å². The van der Waals surface area contributed by atoms with Crippen molar-refractivity contribution in [3.05, 3.63) is 17.5 Å². The molecule has 0 amide bonds. The number of hydrogen-bond acceptors (Lipinski definition) is 2. The van der Waals surface area contributed by atoms with E-state index in [0.717, 1.165) is 5.69 Å². The zero-order chi connectivity index (χ0) is 10.1. The lowest BCUT2D eigenvalue weighted by Gasteiger charge is -2.13. The molecule has 0 aliphatic heterocycles. The Bertz CT molecular complexity index is 310. The van der Waals surface area contributed by atoms with Gasteiger partial charge in [0.25, 0.3) is 0 Å². The second-order valence-electron chi connectivity index (χ2n) is 4.10. The lowest BCUT2D eigenvalue weighted by atomic mass is 9.92. The van der Waals surface area contributed by atoms with Gasteiger partial charge >= 0.3 is 5.97 Å². The summed E-state index contributed by atoms with van der Waals surface area (Å²) in [5.74, 6) is -0.843. The lowest BCUT2D eigenvalue weighted by Crippen LogP contribution is -2.11. The highest BCUT2D eigenvalue weighted by Crippen LogP contribution is 2.20. The number of aromatic nitrogens is 2. The summed E-state index contributed by atoms with van der Waals surface area (Å²) in [5.41, 5.74) is 1.51. The number of nitrogens with one attached hydrogen (secondary N) is 1. The van der Waals surface area contributed by atoms with E-state index in [1.807, 2.05) is 20.8 Å². The third-order valence-electron chi connectivity index (χ3n) is 1.74. The molecule has 13 heavy (non-hydrogen) atoms. The summed E-state index contributed by atoms with van der Waals surface area (Å²) in [7, 11) is 0. The van der Waals surface area contributed by atoms with E-state index in [1.165, 1.54) is 0 Å². The molecule has 0 unspecified atom stereocenters. The Morgan fingerprint density at radius 3 is 2.62 bits per heavy atom. The molecule has 0 spiro atoms. The maximum Gasteiger partial charge on any atom is 0.309 e. The van der Waals surface area contributed by atoms with Gasteiger partial charge in [-0.15, -0.1) is 0 Å². The monoisotopic (exact) mass is 182 g/mol. The van der Waals surface area contributed by atoms with Crippen LogP contribution < -0.4 is 0 Å². The molecule has 0 saturated heterocycles. The molecule has 72 valence electrons. The van der Waals surface area contributed by atoms with E-state index in [0.29, 0.717) is 5.69 Å². The minimum Gasteiger partial charge on any atom is -0.481 e. The summed E-state index contributed by atoms with van der Waals surface area (Å²) in [6, 6.07) is 1.80. The van der Waals surface area contributed by atoms with Gasteiger partial charge in [0.15, 0.2) is 0 Å². The number of rotatable bonds is 2. The number of nitrogens with zero attached hydrogens (tertiary/aromatic N) is 1. The normalized spacial score (nSPS) is 11.6. The number of carbonyl (C=O) groups is 1. The molecule has 0 aromatic carbocycles. The lowest BCUT2D eigenvalue weighted by molar-refractivity contribution is -0.136. The first-order chi connectivity index (χ1) is 5.89. The second-order valence-corrected chi connectivity index (χ2v) is 4.10. The van der Waals surface area contributed by atoms with Crippen LogP contribution in [0.1, 0.15) is 32.2 Å². The van der Waals surface area contributed by atoms with E-state index in [9.17, 15) is 4.79 Å². The largest absolute Gasteiger partial charge is 0.481 e. The van der Waals surface area contributed by atoms with Gasteiger partial charge in [0.05, 0.1) is 12.1 Å². The molecule has 1 aromatic heterocycles. The topological polar surface area (TPSA) is 66.0 Å². The highest BCUT2D eigenvalue weighted by Gasteiger charge is 2.17. The van der Waals surface area contributed by atoms with Crippen molar-refractivity contribution in [2.45, 2.75) is 32.6 Å². The Balaban J connectivity index is 2.81. The van der Waals surface area contributed by atoms with E-state index in [-0.39, 0.29) is 11.8 Å². The maximum atomic E-state index is 10.4. The molecule has 4 nitrogen and oxygen atoms in total. The minimum atomic E-state index is -0.843. The molecular formula is C9H14N2O2. The smallest absolute Gasteiger partial charge is 0.309 e. The van der Waals surface area contributed by atoms with Crippen LogP contribution in [0.4, 0.5) is 0 Å². The highest BCUT2D eigenvalue weighted by molar-refractivity contribution is 5.69. The van der Waals surface area contributed by atoms with Crippen LogP contribution in [0.25, 0.3) is 0 Å². The van der Waals surface area contributed by atoms with Gasteiger partial charge in [-0.3, -0.25) is 9.89 Å². The Labute approximate surface area is 77.0 Å². The van der Waals surface area contributed by atoms with Crippen LogP contribution in [0.3, 0.4) is 0 Å². The number of carboxylic acids is 1. The molecule has 0 radical (unpaired) electrons. The Hall–Kier alpha value is -1.32. The standard InChI is InChI=1S/C9H14N2O2/c1-9(2,3)7-4-6(10-11-7)5-8(12)13/h4H,5H2,1-3H3,(H,10,11)(H,12,13). The highest BCUT2D eigenvalue weighted by atomic mass is 16.4. The third-order valence-corrected chi connectivity index (χ3v) is 1.74. The average Bonchev–Trinajstić information content (AvgIpc) is 2.32. The third kappa shape index (κ3) is 2.57. The van der Waals surface area contributed by atoms with E-state index >= 15 is 0 Å². The first-order valence-electron chi connectivity index (χ1n) is 4.16. The maximum absolute atomic E-state index is 10.4. The zero-order valence-electron chi connectivity index (χ0n) is 8.09. The average molecular weight is 182 g/mol. The van der Waals surface area contributed by atoms with Crippen LogP contribution in [0.2, 0.25) is 0 Å². The van der Waals surface area contributed by atoms with Crippen molar-refractivity contribution in [2.24, 2.45) is 0 Å². The van der Waals surface area contributed by atoms with Gasteiger partial charge in [0.2, 0.25) is 0 Å². The van der Waals surface area contributed by atoms with Gasteiger partial charge in [-0.25, -0.2) is 0 Å². The van der Waals surface area contributed by atoms with Crippen molar-refractivity contribution >= 4 is 5.97 Å². The van der Waals surface area contributed by atoms with Crippen molar-refractivity contribution in [3.63, 3.8) is 0 Å². The fourth-order valence-corrected chi connectivity index (χ4v) is 0.999. The van der Waals surface area contributed by atoms with Crippen LogP contribution in [0.5, 0.6) is 0 Å². The first-order valence-corrected chi connectivity index (χ1v) is 4.16. The van der Waals surface area contributed by atoms with Gasteiger partial charge < -0.3 is 5.11 Å². The second kappa shape index (κ2) is 3.20. The molecule has 1 rings (SSSR count). The van der Waals surface area contributed by atoms with Gasteiger partial charge in [0.1, 0.15) is 0 Å². The molecular weight excluding hydrogens is 168 g/mol. The van der Waals surface area contributed by atoms with E-state index < -0.39 is 5.97 Å². The summed E-state index contributed by atoms with van der Waals surface area (Å²) in [5, 5.41) is 15.3. The van der Waals surface area contributed by atoms with Crippen LogP contribution in [0.15, 0.2) is 6.07 Å². The summed E-state index contributed by atoms with van der Waals surface area (Å²) in [4.78, 5) is 10.4. The summed E-state index contributed by atoms with van der Waals surface area (Å²) >= 11 is 0. The number of H-pyrrole nitrogens is 1. The zero-order valence-corrected chi connectivity index (χ0v) is 8.09. The number of carboxylic acid groups (broad SMARTS) is 1. The van der Waals surface area contributed by atoms with E-state index in [1.54, 1.807) is 6.07 Å². The first kappa shape index (κ1) is 9.77. The van der Waals surface area contributed by atoms with Gasteiger partial charge in [0, 0.05) is 11.1 Å². The molecule has 0 atom stereocenters. The van der Waals surface area contributed by atoms with Crippen molar-refractivity contribution in [2.75, 3.05) is 0 Å². The van der Waals surface area contributed by atoms with Crippen LogP contribution in [0, 0.1) is 0 Å². The van der Waals surface area contributed by atoms with Crippen molar-refractivity contribution in [3.8, 4) is 0 Å².